The van der Waals surface area contributed by atoms with E-state index in [-0.39, 0.29) is 5.95 Å². The Hall–Kier alpha value is -3.22. The van der Waals surface area contributed by atoms with Crippen LogP contribution < -0.4 is 10.5 Å². The molecular formula is C16H14N6O. The number of nitrogen functional groups attached to an aromatic ring is 1. The minimum atomic E-state index is 0.184. The molecule has 7 heteroatoms. The molecule has 3 aromatic heterocycles. The number of fused-ring (bicyclic) bond motifs is 2. The molecule has 1 aromatic carbocycles. The van der Waals surface area contributed by atoms with Gasteiger partial charge >= 0.3 is 0 Å². The van der Waals surface area contributed by atoms with Gasteiger partial charge < -0.3 is 15.5 Å². The molecule has 4 rings (SSSR count). The molecule has 0 unspecified atom stereocenters. The third-order valence-electron chi connectivity index (χ3n) is 3.74. The van der Waals surface area contributed by atoms with Crippen LogP contribution in [0.15, 0.2) is 30.6 Å². The van der Waals surface area contributed by atoms with Gasteiger partial charge in [-0.3, -0.25) is 0 Å². The number of H-pyrrole nitrogens is 1. The average Bonchev–Trinajstić information content (AvgIpc) is 3.01. The van der Waals surface area contributed by atoms with E-state index < -0.39 is 0 Å². The summed E-state index contributed by atoms with van der Waals surface area (Å²) in [5.74, 6) is 0.902. The molecule has 0 fully saturated rings. The molecule has 0 aliphatic carbocycles. The number of hydrogen-bond acceptors (Lipinski definition) is 6. The number of pyridine rings is 1. The summed E-state index contributed by atoms with van der Waals surface area (Å²) in [5, 5.41) is 0.934. The molecule has 0 atom stereocenters. The van der Waals surface area contributed by atoms with Crippen LogP contribution in [0.1, 0.15) is 5.69 Å². The number of imidazole rings is 1. The van der Waals surface area contributed by atoms with E-state index in [2.05, 4.69) is 24.9 Å². The number of aromatic amines is 1. The lowest BCUT2D eigenvalue weighted by molar-refractivity contribution is 0.419. The predicted octanol–water partition coefficient (Wildman–Crippen LogP) is 2.47. The smallest absolute Gasteiger partial charge is 0.222 e. The van der Waals surface area contributed by atoms with Crippen molar-refractivity contribution in [3.8, 4) is 17.0 Å². The summed E-state index contributed by atoms with van der Waals surface area (Å²) >= 11 is 0. The number of nitrogens with zero attached hydrogens (tertiary/aromatic N) is 4. The summed E-state index contributed by atoms with van der Waals surface area (Å²) in [6.07, 6.45) is 1.58. The predicted molar refractivity (Wildman–Crippen MR) is 88.1 cm³/mol. The van der Waals surface area contributed by atoms with Crippen LogP contribution in [0.4, 0.5) is 5.95 Å². The first-order chi connectivity index (χ1) is 11.2. The van der Waals surface area contributed by atoms with Crippen molar-refractivity contribution in [1.29, 1.82) is 0 Å². The van der Waals surface area contributed by atoms with Gasteiger partial charge in [-0.15, -0.1) is 0 Å². The first-order valence-corrected chi connectivity index (χ1v) is 7.08. The lowest BCUT2D eigenvalue weighted by Gasteiger charge is -2.11. The van der Waals surface area contributed by atoms with Gasteiger partial charge in [0.2, 0.25) is 5.95 Å². The summed E-state index contributed by atoms with van der Waals surface area (Å²) in [5.41, 5.74) is 10.4. The molecule has 3 N–H and O–H groups in total. The molecule has 0 aliphatic heterocycles. The lowest BCUT2D eigenvalue weighted by Crippen LogP contribution is -1.99. The summed E-state index contributed by atoms with van der Waals surface area (Å²) in [6.45, 7) is 1.95. The highest BCUT2D eigenvalue weighted by Gasteiger charge is 2.15. The SMILES string of the molecule is COc1ccc(-c2nc(N)nc3nc[nH]c23)c2ccc(C)nc12. The van der Waals surface area contributed by atoms with Gasteiger partial charge in [0, 0.05) is 16.6 Å². The Kier molecular flexibility index (Phi) is 2.87. The first kappa shape index (κ1) is 13.4. The van der Waals surface area contributed by atoms with E-state index in [0.29, 0.717) is 11.3 Å². The van der Waals surface area contributed by atoms with Gasteiger partial charge in [0.1, 0.15) is 22.5 Å². The number of aryl methyl sites for hydroxylation is 1. The fraction of sp³-hybridized carbons (Fsp3) is 0.125. The number of anilines is 1. The number of methoxy groups -OCH3 is 1. The molecule has 4 aromatic rings. The van der Waals surface area contributed by atoms with Gasteiger partial charge in [0.05, 0.1) is 13.4 Å². The maximum absolute atomic E-state index is 5.83. The molecule has 0 radical (unpaired) electrons. The molecule has 23 heavy (non-hydrogen) atoms. The van der Waals surface area contributed by atoms with Crippen LogP contribution in [0, 0.1) is 6.92 Å². The van der Waals surface area contributed by atoms with Crippen molar-refractivity contribution in [1.82, 2.24) is 24.9 Å². The number of aromatic nitrogens is 5. The summed E-state index contributed by atoms with van der Waals surface area (Å²) in [7, 11) is 1.63. The Morgan fingerprint density at radius 1 is 1.09 bits per heavy atom. The molecule has 0 aliphatic rings. The molecule has 0 amide bonds. The standard InChI is InChI=1S/C16H14N6O/c1-8-3-4-9-10(5-6-11(23-2)12(9)20-8)13-14-15(19-7-18-14)22-16(17)21-13/h3-7H,1-2H3,(H3,17,18,19,21,22). The van der Waals surface area contributed by atoms with E-state index >= 15 is 0 Å². The Morgan fingerprint density at radius 3 is 2.78 bits per heavy atom. The summed E-state index contributed by atoms with van der Waals surface area (Å²) in [4.78, 5) is 20.4. The van der Waals surface area contributed by atoms with E-state index in [0.717, 1.165) is 33.4 Å². The van der Waals surface area contributed by atoms with Crippen LogP contribution in [0.2, 0.25) is 0 Å². The third kappa shape index (κ3) is 2.05. The Morgan fingerprint density at radius 2 is 1.96 bits per heavy atom. The Bertz CT molecular complexity index is 1040. The van der Waals surface area contributed by atoms with E-state index in [4.69, 9.17) is 10.5 Å². The number of nitrogens with two attached hydrogens (primary N) is 1. The molecular weight excluding hydrogens is 292 g/mol. The summed E-state index contributed by atoms with van der Waals surface area (Å²) in [6, 6.07) is 7.79. The zero-order chi connectivity index (χ0) is 16.0. The van der Waals surface area contributed by atoms with E-state index in [1.165, 1.54) is 0 Å². The zero-order valence-corrected chi connectivity index (χ0v) is 12.7. The van der Waals surface area contributed by atoms with Crippen LogP contribution in [-0.4, -0.2) is 32.0 Å². The maximum Gasteiger partial charge on any atom is 0.222 e. The van der Waals surface area contributed by atoms with Crippen LogP contribution >= 0.6 is 0 Å². The molecule has 0 spiro atoms. The van der Waals surface area contributed by atoms with Crippen molar-refractivity contribution in [2.45, 2.75) is 6.92 Å². The Balaban J connectivity index is 2.11. The van der Waals surface area contributed by atoms with Crippen molar-refractivity contribution < 1.29 is 4.74 Å². The first-order valence-electron chi connectivity index (χ1n) is 7.08. The molecule has 0 bridgehead atoms. The van der Waals surface area contributed by atoms with Crippen molar-refractivity contribution in [2.75, 3.05) is 12.8 Å². The van der Waals surface area contributed by atoms with E-state index in [1.807, 2.05) is 31.2 Å². The topological polar surface area (TPSA) is 103 Å². The van der Waals surface area contributed by atoms with Crippen molar-refractivity contribution in [2.24, 2.45) is 0 Å². The van der Waals surface area contributed by atoms with E-state index in [1.54, 1.807) is 13.4 Å². The molecule has 3 heterocycles. The summed E-state index contributed by atoms with van der Waals surface area (Å²) < 4.78 is 5.43. The van der Waals surface area contributed by atoms with Crippen molar-refractivity contribution in [3.05, 3.63) is 36.3 Å². The lowest BCUT2D eigenvalue weighted by atomic mass is 10.0. The second-order valence-corrected chi connectivity index (χ2v) is 5.20. The van der Waals surface area contributed by atoms with Crippen LogP contribution in [0.3, 0.4) is 0 Å². The van der Waals surface area contributed by atoms with Gasteiger partial charge in [0.25, 0.3) is 0 Å². The van der Waals surface area contributed by atoms with Gasteiger partial charge in [-0.2, -0.15) is 4.98 Å². The minimum absolute atomic E-state index is 0.184. The quantitative estimate of drug-likeness (QED) is 0.589. The Labute approximate surface area is 131 Å². The monoisotopic (exact) mass is 306 g/mol. The molecule has 0 saturated carbocycles. The van der Waals surface area contributed by atoms with Crippen molar-refractivity contribution in [3.63, 3.8) is 0 Å². The zero-order valence-electron chi connectivity index (χ0n) is 12.7. The highest BCUT2D eigenvalue weighted by Crippen LogP contribution is 2.35. The highest BCUT2D eigenvalue weighted by molar-refractivity contribution is 6.02. The van der Waals surface area contributed by atoms with Gasteiger partial charge in [-0.05, 0) is 25.1 Å². The van der Waals surface area contributed by atoms with Crippen LogP contribution in [-0.2, 0) is 0 Å². The number of hydrogen-bond donors (Lipinski definition) is 2. The van der Waals surface area contributed by atoms with Crippen LogP contribution in [0.5, 0.6) is 5.75 Å². The fourth-order valence-corrected chi connectivity index (χ4v) is 2.71. The molecule has 7 nitrogen and oxygen atoms in total. The van der Waals surface area contributed by atoms with Gasteiger partial charge in [-0.25, -0.2) is 15.0 Å². The number of rotatable bonds is 2. The van der Waals surface area contributed by atoms with Crippen molar-refractivity contribution >= 4 is 28.0 Å². The van der Waals surface area contributed by atoms with Gasteiger partial charge in [0.15, 0.2) is 5.65 Å². The number of ether oxygens (including phenoxy) is 1. The maximum atomic E-state index is 5.83. The van der Waals surface area contributed by atoms with Crippen LogP contribution in [0.25, 0.3) is 33.3 Å². The molecule has 114 valence electrons. The highest BCUT2D eigenvalue weighted by atomic mass is 16.5. The second-order valence-electron chi connectivity index (χ2n) is 5.20. The third-order valence-corrected chi connectivity index (χ3v) is 3.74. The largest absolute Gasteiger partial charge is 0.494 e. The number of benzene rings is 1. The van der Waals surface area contributed by atoms with E-state index in [9.17, 15) is 0 Å². The molecule has 0 saturated heterocycles. The normalized spacial score (nSPS) is 11.2. The van der Waals surface area contributed by atoms with Gasteiger partial charge in [-0.1, -0.05) is 6.07 Å². The number of nitrogens with one attached hydrogen (secondary N) is 1. The average molecular weight is 306 g/mol. The fourth-order valence-electron chi connectivity index (χ4n) is 2.71. The minimum Gasteiger partial charge on any atom is -0.494 e. The second kappa shape index (κ2) is 4.91.